The molecule has 1 aromatic carbocycles. The Kier molecular flexibility index (Phi) is 6.21. The standard InChI is InChI=1S/C17H26N2O3/c1-2-16(21)18-15(12-19-10-4-3-5-11-19)17(22)13-6-8-14(20)9-7-13/h6-9,15,17,20,22H,2-5,10-12H2,1H3,(H,18,21). The number of phenols is 1. The molecule has 5 nitrogen and oxygen atoms in total. The number of aliphatic hydroxyl groups excluding tert-OH is 1. The smallest absolute Gasteiger partial charge is 0.220 e. The number of benzene rings is 1. The van der Waals surface area contributed by atoms with E-state index in [4.69, 9.17) is 0 Å². The van der Waals surface area contributed by atoms with Gasteiger partial charge in [-0.15, -0.1) is 0 Å². The molecule has 1 aliphatic rings. The summed E-state index contributed by atoms with van der Waals surface area (Å²) >= 11 is 0. The molecule has 1 saturated heterocycles. The van der Waals surface area contributed by atoms with Crippen molar-refractivity contribution in [2.24, 2.45) is 0 Å². The van der Waals surface area contributed by atoms with Gasteiger partial charge < -0.3 is 20.4 Å². The van der Waals surface area contributed by atoms with Gasteiger partial charge in [-0.1, -0.05) is 25.5 Å². The largest absolute Gasteiger partial charge is 0.508 e. The van der Waals surface area contributed by atoms with E-state index >= 15 is 0 Å². The number of piperidine rings is 1. The number of nitrogens with zero attached hydrogens (tertiary/aromatic N) is 1. The van der Waals surface area contributed by atoms with Crippen LogP contribution in [0.25, 0.3) is 0 Å². The van der Waals surface area contributed by atoms with E-state index in [0.717, 1.165) is 13.1 Å². The van der Waals surface area contributed by atoms with Gasteiger partial charge >= 0.3 is 0 Å². The summed E-state index contributed by atoms with van der Waals surface area (Å²) in [4.78, 5) is 14.1. The summed E-state index contributed by atoms with van der Waals surface area (Å²) in [7, 11) is 0. The van der Waals surface area contributed by atoms with Gasteiger partial charge in [0.25, 0.3) is 0 Å². The molecule has 0 aliphatic carbocycles. The summed E-state index contributed by atoms with van der Waals surface area (Å²) < 4.78 is 0. The second kappa shape index (κ2) is 8.15. The predicted octanol–water partition coefficient (Wildman–Crippen LogP) is 1.81. The van der Waals surface area contributed by atoms with Crippen LogP contribution in [0.3, 0.4) is 0 Å². The molecule has 2 atom stereocenters. The number of carbonyl (C=O) groups excluding carboxylic acids is 1. The molecule has 5 heteroatoms. The second-order valence-corrected chi connectivity index (χ2v) is 5.93. The molecular formula is C17H26N2O3. The maximum atomic E-state index is 11.8. The Morgan fingerprint density at radius 3 is 2.45 bits per heavy atom. The Balaban J connectivity index is 2.07. The van der Waals surface area contributed by atoms with E-state index in [9.17, 15) is 15.0 Å². The van der Waals surface area contributed by atoms with Gasteiger partial charge in [0.15, 0.2) is 0 Å². The van der Waals surface area contributed by atoms with E-state index in [-0.39, 0.29) is 17.7 Å². The molecule has 0 aromatic heterocycles. The van der Waals surface area contributed by atoms with Crippen LogP contribution in [0, 0.1) is 0 Å². The third-order valence-electron chi connectivity index (χ3n) is 4.19. The zero-order chi connectivity index (χ0) is 15.9. The van der Waals surface area contributed by atoms with E-state index in [1.807, 2.05) is 0 Å². The van der Waals surface area contributed by atoms with E-state index in [2.05, 4.69) is 10.2 Å². The maximum Gasteiger partial charge on any atom is 0.220 e. The average Bonchev–Trinajstić information content (AvgIpc) is 2.55. The number of nitrogens with one attached hydrogen (secondary N) is 1. The van der Waals surface area contributed by atoms with Crippen molar-refractivity contribution in [3.63, 3.8) is 0 Å². The first-order valence-corrected chi connectivity index (χ1v) is 8.09. The Hall–Kier alpha value is -1.59. The van der Waals surface area contributed by atoms with Crippen LogP contribution in [0.1, 0.15) is 44.3 Å². The molecule has 22 heavy (non-hydrogen) atoms. The summed E-state index contributed by atoms with van der Waals surface area (Å²) in [5.41, 5.74) is 0.705. The fourth-order valence-electron chi connectivity index (χ4n) is 2.86. The first-order valence-electron chi connectivity index (χ1n) is 8.09. The van der Waals surface area contributed by atoms with Gasteiger partial charge in [-0.05, 0) is 43.6 Å². The number of hydrogen-bond acceptors (Lipinski definition) is 4. The summed E-state index contributed by atoms with van der Waals surface area (Å²) in [6.07, 6.45) is 3.22. The number of rotatable bonds is 6. The third-order valence-corrected chi connectivity index (χ3v) is 4.19. The molecule has 122 valence electrons. The number of aromatic hydroxyl groups is 1. The van der Waals surface area contributed by atoms with Gasteiger partial charge in [0.05, 0.1) is 6.04 Å². The summed E-state index contributed by atoms with van der Waals surface area (Å²) in [6.45, 7) is 4.48. The third kappa shape index (κ3) is 4.71. The van der Waals surface area contributed by atoms with Crippen molar-refractivity contribution in [3.05, 3.63) is 29.8 Å². The van der Waals surface area contributed by atoms with E-state index < -0.39 is 6.10 Å². The molecule has 2 unspecified atom stereocenters. The molecule has 0 spiro atoms. The number of carbonyl (C=O) groups is 1. The van der Waals surface area contributed by atoms with Gasteiger partial charge in [-0.25, -0.2) is 0 Å². The highest BCUT2D eigenvalue weighted by molar-refractivity contribution is 5.76. The van der Waals surface area contributed by atoms with Crippen LogP contribution in [0.2, 0.25) is 0 Å². The topological polar surface area (TPSA) is 72.8 Å². The lowest BCUT2D eigenvalue weighted by Crippen LogP contribution is -2.48. The maximum absolute atomic E-state index is 11.8. The normalized spacial score (nSPS) is 18.6. The summed E-state index contributed by atoms with van der Waals surface area (Å²) in [5, 5.41) is 22.9. The Labute approximate surface area is 131 Å². The van der Waals surface area contributed by atoms with Gasteiger partial charge in [-0.2, -0.15) is 0 Å². The SMILES string of the molecule is CCC(=O)NC(CN1CCCCC1)C(O)c1ccc(O)cc1. The Morgan fingerprint density at radius 1 is 1.23 bits per heavy atom. The monoisotopic (exact) mass is 306 g/mol. The molecule has 3 N–H and O–H groups in total. The van der Waals surface area contributed by atoms with Crippen LogP contribution in [-0.4, -0.2) is 46.7 Å². The van der Waals surface area contributed by atoms with Gasteiger partial charge in [0, 0.05) is 13.0 Å². The lowest BCUT2D eigenvalue weighted by Gasteiger charge is -2.33. The quantitative estimate of drug-likeness (QED) is 0.749. The molecule has 1 heterocycles. The predicted molar refractivity (Wildman–Crippen MR) is 85.6 cm³/mol. The van der Waals surface area contributed by atoms with Crippen LogP contribution in [-0.2, 0) is 4.79 Å². The number of aliphatic hydroxyl groups is 1. The number of amides is 1. The van der Waals surface area contributed by atoms with Gasteiger partial charge in [0.2, 0.25) is 5.91 Å². The fraction of sp³-hybridized carbons (Fsp3) is 0.588. The number of phenolic OH excluding ortho intramolecular Hbond substituents is 1. The van der Waals surface area contributed by atoms with Crippen LogP contribution < -0.4 is 5.32 Å². The Bertz CT molecular complexity index is 469. The molecule has 2 rings (SSSR count). The molecule has 0 radical (unpaired) electrons. The molecule has 1 aliphatic heterocycles. The van der Waals surface area contributed by atoms with E-state index in [1.54, 1.807) is 31.2 Å². The van der Waals surface area contributed by atoms with Crippen molar-refractivity contribution in [1.29, 1.82) is 0 Å². The minimum absolute atomic E-state index is 0.0557. The van der Waals surface area contributed by atoms with Gasteiger partial charge in [0.1, 0.15) is 11.9 Å². The molecule has 1 fully saturated rings. The zero-order valence-electron chi connectivity index (χ0n) is 13.2. The van der Waals surface area contributed by atoms with Crippen molar-refractivity contribution in [3.8, 4) is 5.75 Å². The first-order chi connectivity index (χ1) is 10.6. The fourth-order valence-corrected chi connectivity index (χ4v) is 2.86. The lowest BCUT2D eigenvalue weighted by atomic mass is 10.00. The van der Waals surface area contributed by atoms with Crippen molar-refractivity contribution in [2.75, 3.05) is 19.6 Å². The van der Waals surface area contributed by atoms with E-state index in [1.165, 1.54) is 19.3 Å². The van der Waals surface area contributed by atoms with Crippen molar-refractivity contribution >= 4 is 5.91 Å². The molecular weight excluding hydrogens is 280 g/mol. The van der Waals surface area contributed by atoms with Crippen LogP contribution >= 0.6 is 0 Å². The highest BCUT2D eigenvalue weighted by Gasteiger charge is 2.25. The molecule has 1 aromatic rings. The highest BCUT2D eigenvalue weighted by atomic mass is 16.3. The van der Waals surface area contributed by atoms with Crippen LogP contribution in [0.5, 0.6) is 5.75 Å². The molecule has 0 bridgehead atoms. The Morgan fingerprint density at radius 2 is 1.86 bits per heavy atom. The van der Waals surface area contributed by atoms with Crippen molar-refractivity contribution in [2.45, 2.75) is 44.8 Å². The van der Waals surface area contributed by atoms with Crippen molar-refractivity contribution < 1.29 is 15.0 Å². The second-order valence-electron chi connectivity index (χ2n) is 5.93. The number of likely N-dealkylation sites (tertiary alicyclic amines) is 1. The van der Waals surface area contributed by atoms with Crippen LogP contribution in [0.4, 0.5) is 0 Å². The van der Waals surface area contributed by atoms with Crippen molar-refractivity contribution in [1.82, 2.24) is 10.2 Å². The molecule has 0 saturated carbocycles. The highest BCUT2D eigenvalue weighted by Crippen LogP contribution is 2.21. The minimum atomic E-state index is -0.780. The minimum Gasteiger partial charge on any atom is -0.508 e. The molecule has 1 amide bonds. The summed E-state index contributed by atoms with van der Waals surface area (Å²) in [5.74, 6) is 0.112. The van der Waals surface area contributed by atoms with Gasteiger partial charge in [-0.3, -0.25) is 4.79 Å². The first kappa shape index (κ1) is 16.8. The lowest BCUT2D eigenvalue weighted by molar-refractivity contribution is -0.122. The average molecular weight is 306 g/mol. The van der Waals surface area contributed by atoms with Crippen LogP contribution in [0.15, 0.2) is 24.3 Å². The zero-order valence-corrected chi connectivity index (χ0v) is 13.2. The summed E-state index contributed by atoms with van der Waals surface area (Å²) in [6, 6.07) is 6.16. The number of hydrogen-bond donors (Lipinski definition) is 3. The van der Waals surface area contributed by atoms with E-state index in [0.29, 0.717) is 18.5 Å².